The van der Waals surface area contributed by atoms with Crippen LogP contribution >= 0.6 is 23.2 Å². The molecular formula is C29H58Cl2O. The second-order valence-corrected chi connectivity index (χ2v) is 11.3. The van der Waals surface area contributed by atoms with Gasteiger partial charge < -0.3 is 5.11 Å². The summed E-state index contributed by atoms with van der Waals surface area (Å²) >= 11 is 11.3. The molecule has 1 unspecified atom stereocenters. The van der Waals surface area contributed by atoms with Gasteiger partial charge >= 0.3 is 0 Å². The largest absolute Gasteiger partial charge is 0.390 e. The van der Waals surface area contributed by atoms with Crippen molar-refractivity contribution in [3.05, 3.63) is 0 Å². The average molecular weight is 494 g/mol. The van der Waals surface area contributed by atoms with E-state index in [1.165, 1.54) is 154 Å². The van der Waals surface area contributed by atoms with Crippen LogP contribution in [0.25, 0.3) is 0 Å². The molecule has 194 valence electrons. The van der Waals surface area contributed by atoms with Gasteiger partial charge in [-0.15, -0.1) is 23.2 Å². The molecule has 0 fully saturated rings. The Hall–Kier alpha value is 0.540. The number of halogens is 2. The Morgan fingerprint density at radius 3 is 0.844 bits per heavy atom. The van der Waals surface area contributed by atoms with Crippen LogP contribution in [0.2, 0.25) is 0 Å². The Morgan fingerprint density at radius 2 is 0.625 bits per heavy atom. The monoisotopic (exact) mass is 492 g/mol. The number of unbranched alkanes of at least 4 members (excludes halogenated alkanes) is 24. The number of alkyl halides is 2. The van der Waals surface area contributed by atoms with Gasteiger partial charge in [0.25, 0.3) is 0 Å². The summed E-state index contributed by atoms with van der Waals surface area (Å²) in [4.78, 5) is -0.635. The molecule has 1 N–H and O–H groups in total. The maximum atomic E-state index is 9.55. The van der Waals surface area contributed by atoms with E-state index in [4.69, 9.17) is 23.2 Å². The standard InChI is InChI=1S/C29H58Cl2O/c1-2-3-4-5-6-7-8-9-10-11-12-13-14-15-16-17-18-19-20-21-22-23-24-25-26-27-28(32)29(30)31/h28-29,32H,2-27H2,1H3. The highest BCUT2D eigenvalue weighted by molar-refractivity contribution is 6.44. The van der Waals surface area contributed by atoms with Crippen molar-refractivity contribution in [1.29, 1.82) is 0 Å². The third kappa shape index (κ3) is 26.8. The molecule has 32 heavy (non-hydrogen) atoms. The van der Waals surface area contributed by atoms with Crippen molar-refractivity contribution >= 4 is 23.2 Å². The van der Waals surface area contributed by atoms with Crippen molar-refractivity contribution in [2.75, 3.05) is 0 Å². The normalized spacial score (nSPS) is 12.7. The van der Waals surface area contributed by atoms with E-state index in [2.05, 4.69) is 6.92 Å². The number of aliphatic hydroxyl groups excluding tert-OH is 1. The van der Waals surface area contributed by atoms with Gasteiger partial charge in [0, 0.05) is 0 Å². The highest BCUT2D eigenvalue weighted by Gasteiger charge is 2.11. The summed E-state index contributed by atoms with van der Waals surface area (Å²) in [6.07, 6.45) is 35.4. The zero-order valence-corrected chi connectivity index (χ0v) is 23.3. The van der Waals surface area contributed by atoms with Crippen LogP contribution in [0.5, 0.6) is 0 Å². The zero-order valence-electron chi connectivity index (χ0n) is 21.7. The highest BCUT2D eigenvalue weighted by Crippen LogP contribution is 2.17. The highest BCUT2D eigenvalue weighted by atomic mass is 35.5. The van der Waals surface area contributed by atoms with Gasteiger partial charge in [-0.25, -0.2) is 0 Å². The summed E-state index contributed by atoms with van der Waals surface area (Å²) in [5.74, 6) is 0. The van der Waals surface area contributed by atoms with Crippen LogP contribution in [0.4, 0.5) is 0 Å². The van der Waals surface area contributed by atoms with Gasteiger partial charge in [-0.2, -0.15) is 0 Å². The number of aliphatic hydroxyl groups is 1. The van der Waals surface area contributed by atoms with Gasteiger partial charge in [0.15, 0.2) is 0 Å². The smallest absolute Gasteiger partial charge is 0.133 e. The van der Waals surface area contributed by atoms with Crippen molar-refractivity contribution in [1.82, 2.24) is 0 Å². The van der Waals surface area contributed by atoms with Crippen LogP contribution in [0.3, 0.4) is 0 Å². The van der Waals surface area contributed by atoms with Crippen molar-refractivity contribution in [3.63, 3.8) is 0 Å². The van der Waals surface area contributed by atoms with Gasteiger partial charge in [0.1, 0.15) is 4.84 Å². The van der Waals surface area contributed by atoms with Crippen LogP contribution in [-0.4, -0.2) is 16.0 Å². The van der Waals surface area contributed by atoms with Crippen LogP contribution in [0.1, 0.15) is 174 Å². The molecule has 0 spiro atoms. The maximum Gasteiger partial charge on any atom is 0.133 e. The van der Waals surface area contributed by atoms with E-state index in [0.717, 1.165) is 12.8 Å². The van der Waals surface area contributed by atoms with E-state index in [9.17, 15) is 5.11 Å². The Bertz CT molecular complexity index is 335. The summed E-state index contributed by atoms with van der Waals surface area (Å²) in [5, 5.41) is 9.55. The zero-order chi connectivity index (χ0) is 23.5. The molecule has 0 radical (unpaired) electrons. The SMILES string of the molecule is CCCCCCCCCCCCCCCCCCCCCCCCCCCC(O)C(Cl)Cl. The van der Waals surface area contributed by atoms with Gasteiger partial charge in [0.05, 0.1) is 6.10 Å². The molecular weight excluding hydrogens is 435 g/mol. The lowest BCUT2D eigenvalue weighted by atomic mass is 10.0. The van der Waals surface area contributed by atoms with Crippen molar-refractivity contribution < 1.29 is 5.11 Å². The molecule has 0 saturated carbocycles. The number of hydrogen-bond donors (Lipinski definition) is 1. The quantitative estimate of drug-likeness (QED) is 0.0891. The first kappa shape index (κ1) is 32.5. The van der Waals surface area contributed by atoms with Gasteiger partial charge in [-0.05, 0) is 6.42 Å². The van der Waals surface area contributed by atoms with Gasteiger partial charge in [0.2, 0.25) is 0 Å². The number of hydrogen-bond acceptors (Lipinski definition) is 1. The fraction of sp³-hybridized carbons (Fsp3) is 1.00. The Balaban J connectivity index is 3.04. The van der Waals surface area contributed by atoms with Crippen LogP contribution in [0.15, 0.2) is 0 Å². The third-order valence-corrected chi connectivity index (χ3v) is 7.48. The van der Waals surface area contributed by atoms with Crippen molar-refractivity contribution in [2.45, 2.75) is 185 Å². The second kappa shape index (κ2) is 27.8. The molecule has 0 heterocycles. The average Bonchev–Trinajstić information content (AvgIpc) is 2.78. The Labute approximate surface area is 212 Å². The first-order valence-corrected chi connectivity index (χ1v) is 15.5. The molecule has 0 rings (SSSR count). The summed E-state index contributed by atoms with van der Waals surface area (Å²) in [6.45, 7) is 2.30. The van der Waals surface area contributed by atoms with E-state index in [1.54, 1.807) is 0 Å². The van der Waals surface area contributed by atoms with Crippen LogP contribution in [0, 0.1) is 0 Å². The van der Waals surface area contributed by atoms with E-state index in [0.29, 0.717) is 0 Å². The van der Waals surface area contributed by atoms with Crippen LogP contribution < -0.4 is 0 Å². The molecule has 1 nitrogen and oxygen atoms in total. The molecule has 0 saturated heterocycles. The first-order chi connectivity index (χ1) is 15.7. The fourth-order valence-corrected chi connectivity index (χ4v) is 4.87. The van der Waals surface area contributed by atoms with E-state index in [1.807, 2.05) is 0 Å². The molecule has 0 amide bonds. The molecule has 0 aromatic rings. The second-order valence-electron chi connectivity index (χ2n) is 10.2. The molecule has 3 heteroatoms. The summed E-state index contributed by atoms with van der Waals surface area (Å²) in [7, 11) is 0. The molecule has 0 bridgehead atoms. The molecule has 0 aliphatic heterocycles. The van der Waals surface area contributed by atoms with E-state index in [-0.39, 0.29) is 0 Å². The van der Waals surface area contributed by atoms with E-state index >= 15 is 0 Å². The summed E-state index contributed by atoms with van der Waals surface area (Å²) in [5.41, 5.74) is 0. The summed E-state index contributed by atoms with van der Waals surface area (Å²) < 4.78 is 0. The minimum atomic E-state index is -0.635. The molecule has 1 atom stereocenters. The third-order valence-electron chi connectivity index (χ3n) is 6.89. The van der Waals surface area contributed by atoms with Crippen LogP contribution in [-0.2, 0) is 0 Å². The molecule has 0 aliphatic carbocycles. The molecule has 0 aliphatic rings. The molecule has 0 aromatic carbocycles. The fourth-order valence-electron chi connectivity index (χ4n) is 4.62. The molecule has 0 aromatic heterocycles. The number of rotatable bonds is 27. The maximum absolute atomic E-state index is 9.55. The Morgan fingerprint density at radius 1 is 0.406 bits per heavy atom. The Kier molecular flexibility index (Phi) is 28.3. The van der Waals surface area contributed by atoms with Crippen molar-refractivity contribution in [3.8, 4) is 0 Å². The lowest BCUT2D eigenvalue weighted by Gasteiger charge is -2.10. The van der Waals surface area contributed by atoms with Crippen molar-refractivity contribution in [2.24, 2.45) is 0 Å². The first-order valence-electron chi connectivity index (χ1n) is 14.6. The topological polar surface area (TPSA) is 20.2 Å². The summed E-state index contributed by atoms with van der Waals surface area (Å²) in [6, 6.07) is 0. The lowest BCUT2D eigenvalue weighted by Crippen LogP contribution is -2.14. The lowest BCUT2D eigenvalue weighted by molar-refractivity contribution is 0.174. The predicted octanol–water partition coefficient (Wildman–Crippen LogP) is 11.3. The van der Waals surface area contributed by atoms with E-state index < -0.39 is 10.9 Å². The minimum absolute atomic E-state index is 0.553. The van der Waals surface area contributed by atoms with Gasteiger partial charge in [-0.1, -0.05) is 167 Å². The minimum Gasteiger partial charge on any atom is -0.390 e. The van der Waals surface area contributed by atoms with Gasteiger partial charge in [-0.3, -0.25) is 0 Å². The predicted molar refractivity (Wildman–Crippen MR) is 147 cm³/mol.